The van der Waals surface area contributed by atoms with Crippen LogP contribution in [0.2, 0.25) is 0 Å². The first-order chi connectivity index (χ1) is 9.25. The minimum Gasteiger partial charge on any atom is -0.480 e. The van der Waals surface area contributed by atoms with E-state index >= 15 is 0 Å². The van der Waals surface area contributed by atoms with Crippen LogP contribution in [-0.4, -0.2) is 41.0 Å². The van der Waals surface area contributed by atoms with Crippen molar-refractivity contribution in [3.8, 4) is 0 Å². The van der Waals surface area contributed by atoms with Gasteiger partial charge in [-0.15, -0.1) is 11.8 Å². The van der Waals surface area contributed by atoms with Crippen LogP contribution in [0.15, 0.2) is 23.1 Å². The average Bonchev–Trinajstić information content (AvgIpc) is 2.71. The van der Waals surface area contributed by atoms with Crippen LogP contribution >= 0.6 is 11.8 Å². The minimum atomic E-state index is -3.80. The van der Waals surface area contributed by atoms with Gasteiger partial charge in [-0.2, -0.15) is 4.31 Å². The molecule has 1 aliphatic heterocycles. The quantitative estimate of drug-likeness (QED) is 0.921. The molecule has 1 aromatic rings. The summed E-state index contributed by atoms with van der Waals surface area (Å²) >= 11 is 1.34. The zero-order chi connectivity index (χ0) is 15.1. The Morgan fingerprint density at radius 3 is 2.60 bits per heavy atom. The molecule has 0 radical (unpaired) electrons. The van der Waals surface area contributed by atoms with Crippen LogP contribution in [-0.2, 0) is 14.8 Å². The Labute approximate surface area is 123 Å². The van der Waals surface area contributed by atoms with E-state index in [2.05, 4.69) is 0 Å². The molecule has 20 heavy (non-hydrogen) atoms. The number of nitrogens with zero attached hydrogens (tertiary/aromatic N) is 1. The molecule has 7 heteroatoms. The number of benzene rings is 1. The normalized spacial score (nSPS) is 23.9. The number of carboxylic acid groups (broad SMARTS) is 1. The van der Waals surface area contributed by atoms with Crippen molar-refractivity contribution >= 4 is 27.8 Å². The Bertz CT molecular complexity index is 642. The standard InChI is InChI=1S/C13H17NO4S2/c1-8-4-5-12(9(2)6-8)20(17,18)14-10(3)19-7-11(14)13(15)16/h4-6,10-11H,7H2,1-3H3,(H,15,16). The molecule has 0 bridgehead atoms. The third kappa shape index (κ3) is 2.57. The van der Waals surface area contributed by atoms with E-state index in [1.54, 1.807) is 32.0 Å². The van der Waals surface area contributed by atoms with Crippen LogP contribution in [0.1, 0.15) is 18.1 Å². The molecule has 1 aliphatic rings. The number of thioether (sulfide) groups is 1. The average molecular weight is 315 g/mol. The summed E-state index contributed by atoms with van der Waals surface area (Å²) in [7, 11) is -3.80. The maximum absolute atomic E-state index is 12.7. The fraction of sp³-hybridized carbons (Fsp3) is 0.462. The molecule has 2 unspecified atom stereocenters. The minimum absolute atomic E-state index is 0.184. The van der Waals surface area contributed by atoms with Crippen molar-refractivity contribution < 1.29 is 18.3 Å². The molecule has 2 atom stereocenters. The van der Waals surface area contributed by atoms with Gasteiger partial charge in [0, 0.05) is 5.75 Å². The summed E-state index contributed by atoms with van der Waals surface area (Å²) in [6.07, 6.45) is 0. The number of carbonyl (C=O) groups is 1. The van der Waals surface area contributed by atoms with E-state index in [9.17, 15) is 18.3 Å². The predicted molar refractivity (Wildman–Crippen MR) is 78.3 cm³/mol. The maximum atomic E-state index is 12.7. The SMILES string of the molecule is Cc1ccc(S(=O)(=O)N2C(C)SCC2C(=O)O)c(C)c1. The second-order valence-electron chi connectivity index (χ2n) is 4.89. The van der Waals surface area contributed by atoms with Gasteiger partial charge in [0.1, 0.15) is 6.04 Å². The van der Waals surface area contributed by atoms with Crippen molar-refractivity contribution in [2.24, 2.45) is 0 Å². The number of carboxylic acids is 1. The lowest BCUT2D eigenvalue weighted by molar-refractivity contribution is -0.140. The fourth-order valence-corrected chi connectivity index (χ4v) is 5.87. The van der Waals surface area contributed by atoms with Crippen LogP contribution in [0.3, 0.4) is 0 Å². The summed E-state index contributed by atoms with van der Waals surface area (Å²) in [5, 5.41) is 8.83. The molecule has 1 aromatic carbocycles. The number of hydrogen-bond donors (Lipinski definition) is 1. The molecule has 1 fully saturated rings. The monoisotopic (exact) mass is 315 g/mol. The van der Waals surface area contributed by atoms with Gasteiger partial charge >= 0.3 is 5.97 Å². The Kier molecular flexibility index (Phi) is 4.13. The van der Waals surface area contributed by atoms with Crippen LogP contribution < -0.4 is 0 Å². The van der Waals surface area contributed by atoms with Crippen molar-refractivity contribution in [1.82, 2.24) is 4.31 Å². The molecule has 2 rings (SSSR count). The van der Waals surface area contributed by atoms with E-state index < -0.39 is 22.0 Å². The van der Waals surface area contributed by atoms with E-state index in [-0.39, 0.29) is 16.0 Å². The molecule has 1 saturated heterocycles. The molecular weight excluding hydrogens is 298 g/mol. The van der Waals surface area contributed by atoms with E-state index in [0.717, 1.165) is 9.87 Å². The summed E-state index contributed by atoms with van der Waals surface area (Å²) < 4.78 is 26.6. The van der Waals surface area contributed by atoms with Gasteiger partial charge in [0.05, 0.1) is 10.3 Å². The molecule has 0 spiro atoms. The summed E-state index contributed by atoms with van der Waals surface area (Å²) in [5.41, 5.74) is 1.61. The van der Waals surface area contributed by atoms with Crippen LogP contribution in [0.25, 0.3) is 0 Å². The molecule has 1 heterocycles. The number of rotatable bonds is 3. The lowest BCUT2D eigenvalue weighted by Crippen LogP contribution is -2.44. The van der Waals surface area contributed by atoms with Crippen molar-refractivity contribution in [3.05, 3.63) is 29.3 Å². The third-order valence-corrected chi connectivity index (χ3v) is 6.82. The molecule has 0 amide bonds. The van der Waals surface area contributed by atoms with E-state index in [4.69, 9.17) is 0 Å². The second kappa shape index (κ2) is 5.38. The van der Waals surface area contributed by atoms with Crippen molar-refractivity contribution in [1.29, 1.82) is 0 Å². The van der Waals surface area contributed by atoms with Crippen molar-refractivity contribution in [3.63, 3.8) is 0 Å². The Balaban J connectivity index is 2.51. The molecular formula is C13H17NO4S2. The highest BCUT2D eigenvalue weighted by atomic mass is 32.2. The fourth-order valence-electron chi connectivity index (χ4n) is 2.38. The number of aryl methyl sites for hydroxylation is 2. The van der Waals surface area contributed by atoms with E-state index in [1.807, 2.05) is 6.92 Å². The molecule has 5 nitrogen and oxygen atoms in total. The van der Waals surface area contributed by atoms with Crippen LogP contribution in [0.4, 0.5) is 0 Å². The lowest BCUT2D eigenvalue weighted by Gasteiger charge is -2.25. The van der Waals surface area contributed by atoms with Gasteiger partial charge in [0.15, 0.2) is 0 Å². The topological polar surface area (TPSA) is 74.7 Å². The smallest absolute Gasteiger partial charge is 0.322 e. The van der Waals surface area contributed by atoms with Gasteiger partial charge < -0.3 is 5.11 Å². The molecule has 0 saturated carbocycles. The second-order valence-corrected chi connectivity index (χ2v) is 8.05. The molecule has 0 aromatic heterocycles. The Hall–Kier alpha value is -1.05. The number of aliphatic carboxylic acids is 1. The Morgan fingerprint density at radius 2 is 2.05 bits per heavy atom. The highest BCUT2D eigenvalue weighted by molar-refractivity contribution is 8.01. The molecule has 1 N–H and O–H groups in total. The number of sulfonamides is 1. The van der Waals surface area contributed by atoms with Gasteiger partial charge in [-0.05, 0) is 32.4 Å². The first kappa shape index (κ1) is 15.3. The third-order valence-electron chi connectivity index (χ3n) is 3.33. The summed E-state index contributed by atoms with van der Waals surface area (Å²) in [4.78, 5) is 11.4. The van der Waals surface area contributed by atoms with E-state index in [0.29, 0.717) is 5.56 Å². The van der Waals surface area contributed by atoms with Gasteiger partial charge in [0.25, 0.3) is 0 Å². The summed E-state index contributed by atoms with van der Waals surface area (Å²) in [5.74, 6) is -0.823. The summed E-state index contributed by atoms with van der Waals surface area (Å²) in [6.45, 7) is 5.33. The molecule has 110 valence electrons. The lowest BCUT2D eigenvalue weighted by atomic mass is 10.2. The highest BCUT2D eigenvalue weighted by Gasteiger charge is 2.44. The zero-order valence-corrected chi connectivity index (χ0v) is 13.2. The predicted octanol–water partition coefficient (Wildman–Crippen LogP) is 1.84. The Morgan fingerprint density at radius 1 is 1.40 bits per heavy atom. The van der Waals surface area contributed by atoms with Crippen LogP contribution in [0.5, 0.6) is 0 Å². The first-order valence-corrected chi connectivity index (χ1v) is 8.69. The largest absolute Gasteiger partial charge is 0.480 e. The number of hydrogen-bond acceptors (Lipinski definition) is 4. The van der Waals surface area contributed by atoms with Gasteiger partial charge in [-0.1, -0.05) is 17.7 Å². The van der Waals surface area contributed by atoms with Crippen molar-refractivity contribution in [2.45, 2.75) is 37.1 Å². The van der Waals surface area contributed by atoms with Crippen LogP contribution in [0, 0.1) is 13.8 Å². The van der Waals surface area contributed by atoms with Gasteiger partial charge in [0.2, 0.25) is 10.0 Å². The zero-order valence-electron chi connectivity index (χ0n) is 11.5. The summed E-state index contributed by atoms with van der Waals surface area (Å²) in [6, 6.07) is 4.06. The van der Waals surface area contributed by atoms with Crippen molar-refractivity contribution in [2.75, 3.05) is 5.75 Å². The first-order valence-electron chi connectivity index (χ1n) is 6.20. The van der Waals surface area contributed by atoms with Gasteiger partial charge in [-0.3, -0.25) is 4.79 Å². The molecule has 0 aliphatic carbocycles. The van der Waals surface area contributed by atoms with Gasteiger partial charge in [-0.25, -0.2) is 8.42 Å². The highest BCUT2D eigenvalue weighted by Crippen LogP contribution is 2.35. The van der Waals surface area contributed by atoms with E-state index in [1.165, 1.54) is 11.8 Å². The maximum Gasteiger partial charge on any atom is 0.322 e.